The van der Waals surface area contributed by atoms with Crippen molar-refractivity contribution in [1.29, 1.82) is 0 Å². The van der Waals surface area contributed by atoms with E-state index in [1.807, 2.05) is 69.4 Å². The summed E-state index contributed by atoms with van der Waals surface area (Å²) >= 11 is 0. The van der Waals surface area contributed by atoms with Crippen LogP contribution in [0.2, 0.25) is 0 Å². The molecular weight excluding hydrogens is 987 g/mol. The Hall–Kier alpha value is -4.23. The minimum atomic E-state index is -2.52. The third-order valence-corrected chi connectivity index (χ3v) is 16.4. The number of fused-ring (bicyclic) bond motifs is 3. The zero-order chi connectivity index (χ0) is 56.4. The molecule has 3 heterocycles. The molecule has 3 aliphatic heterocycles. The van der Waals surface area contributed by atoms with Gasteiger partial charge in [-0.1, -0.05) is 101 Å². The normalized spacial score (nSPS) is 36.4. The Morgan fingerprint density at radius 3 is 2.29 bits per heavy atom. The third kappa shape index (κ3) is 17.9. The number of benzene rings is 1. The molecule has 16 atom stereocenters. The van der Waals surface area contributed by atoms with Crippen molar-refractivity contribution < 1.29 is 72.8 Å². The molecule has 2 bridgehead atoms. The molecule has 4 aliphatic rings. The summed E-state index contributed by atoms with van der Waals surface area (Å²) in [5.41, 5.74) is 1.82. The highest BCUT2D eigenvalue weighted by atomic mass is 16.6. The number of ether oxygens (including phenoxy) is 6. The number of cyclic esters (lactones) is 1. The number of hydrogen-bond donors (Lipinski definition) is 4. The van der Waals surface area contributed by atoms with E-state index >= 15 is 0 Å². The van der Waals surface area contributed by atoms with Gasteiger partial charge in [-0.2, -0.15) is 0 Å². The molecule has 0 spiro atoms. The van der Waals surface area contributed by atoms with Crippen molar-refractivity contribution in [2.75, 3.05) is 40.6 Å². The largest absolute Gasteiger partial charge is 0.460 e. The lowest BCUT2D eigenvalue weighted by molar-refractivity contribution is -0.266. The fourth-order valence-electron chi connectivity index (χ4n) is 11.5. The average Bonchev–Trinajstić information content (AvgIpc) is 3.43. The highest BCUT2D eigenvalue weighted by Gasteiger charge is 2.53. The lowest BCUT2D eigenvalue weighted by Crippen LogP contribution is -2.61. The molecule has 4 N–H and O–H groups in total. The van der Waals surface area contributed by atoms with Crippen molar-refractivity contribution in [2.45, 2.75) is 193 Å². The molecule has 1 amide bonds. The summed E-state index contributed by atoms with van der Waals surface area (Å²) in [5.74, 6) is -8.36. The van der Waals surface area contributed by atoms with Crippen molar-refractivity contribution in [3.63, 3.8) is 0 Å². The second-order valence-corrected chi connectivity index (χ2v) is 22.5. The van der Waals surface area contributed by atoms with Crippen LogP contribution in [0.5, 0.6) is 0 Å². The fraction of sp³-hybridized carbons (Fsp3) is 0.689. The molecular formula is C61H91NO15. The van der Waals surface area contributed by atoms with Crippen LogP contribution >= 0.6 is 0 Å². The van der Waals surface area contributed by atoms with E-state index in [-0.39, 0.29) is 80.5 Å². The summed E-state index contributed by atoms with van der Waals surface area (Å²) < 4.78 is 36.6. The average molecular weight is 1080 g/mol. The Morgan fingerprint density at radius 1 is 0.844 bits per heavy atom. The number of allylic oxidation sites excluding steroid dienone is 6. The zero-order valence-corrected chi connectivity index (χ0v) is 47.3. The maximum absolute atomic E-state index is 14.6. The highest BCUT2D eigenvalue weighted by Crippen LogP contribution is 2.38. The number of aliphatic hydroxyl groups is 4. The van der Waals surface area contributed by atoms with Crippen LogP contribution in [0.25, 0.3) is 0 Å². The van der Waals surface area contributed by atoms with Crippen LogP contribution in [0, 0.1) is 35.5 Å². The predicted molar refractivity (Wildman–Crippen MR) is 291 cm³/mol. The SMILES string of the molecule is CO[C@@H]1C[C@H](C[C@@H](C)[C@@H]2CC(=O)[C@H](C)/C=C(\C)[C@@H](O)[C@@H](OC)C(=O)[C@H](C)C[C@H](C)/C=C/C=C/C=C(\C)C(OC[C@@H](O)c3ccccc3)C[C@@H]3CC[C@@H](C)[C@@](O)(O3)C(=O)C(=O)N3CCCCC3C(=O)O2)CC[C@H]1OCCCO. The second-order valence-electron chi connectivity index (χ2n) is 22.5. The summed E-state index contributed by atoms with van der Waals surface area (Å²) in [5, 5.41) is 44.2. The van der Waals surface area contributed by atoms with Gasteiger partial charge < -0.3 is 53.7 Å². The first-order chi connectivity index (χ1) is 36.7. The number of esters is 1. The minimum absolute atomic E-state index is 0.0261. The number of piperidine rings is 1. The molecule has 1 aromatic carbocycles. The van der Waals surface area contributed by atoms with E-state index < -0.39 is 83.9 Å². The first-order valence-electron chi connectivity index (χ1n) is 28.3. The fourth-order valence-corrected chi connectivity index (χ4v) is 11.5. The number of aliphatic hydroxyl groups excluding tert-OH is 3. The topological polar surface area (TPSA) is 225 Å². The molecule has 2 saturated heterocycles. The summed E-state index contributed by atoms with van der Waals surface area (Å²) in [6.45, 7) is 13.0. The molecule has 1 saturated carbocycles. The van der Waals surface area contributed by atoms with Gasteiger partial charge in [0, 0.05) is 64.6 Å². The molecule has 5 rings (SSSR count). The Kier molecular flexibility index (Phi) is 25.6. The molecule has 1 aromatic rings. The van der Waals surface area contributed by atoms with Gasteiger partial charge in [0.25, 0.3) is 11.7 Å². The van der Waals surface area contributed by atoms with Crippen LogP contribution < -0.4 is 0 Å². The Morgan fingerprint density at radius 2 is 1.58 bits per heavy atom. The molecule has 16 heteroatoms. The Bertz CT molecular complexity index is 2190. The van der Waals surface area contributed by atoms with Crippen LogP contribution in [0.4, 0.5) is 0 Å². The lowest BCUT2D eigenvalue weighted by atomic mass is 9.78. The van der Waals surface area contributed by atoms with Crippen molar-refractivity contribution >= 4 is 29.2 Å². The van der Waals surface area contributed by atoms with Gasteiger partial charge in [0.15, 0.2) is 5.78 Å². The van der Waals surface area contributed by atoms with Gasteiger partial charge in [-0.25, -0.2) is 4.79 Å². The standard InChI is InChI=1S/C61H91NO15/c1-38-19-12-10-13-20-39(2)52(75-37-50(65)46-21-14-11-15-22-46)35-47-26-24-44(7)61(71,77-47)58(68)59(69)62-28-17-16-23-48(62)60(70)76-53(41(4)33-45-25-27-51(54(34-45)72-8)74-30-18-29-63)36-49(64)40(3)32-43(6)56(67)57(73-9)55(66)42(5)31-38/h10-15,19-22,32,38,40-42,44-45,47-48,50-54,56-57,63,65,67,71H,16-18,23-31,33-37H2,1-9H3/b13-10+,19-12+,39-20+,43-32+/t38-,40-,41-,42-,44-,45+,47+,48?,50-,51-,52?,53+,54-,56-,57+,61-/m1/s1. The summed E-state index contributed by atoms with van der Waals surface area (Å²) in [4.78, 5) is 73.1. The van der Waals surface area contributed by atoms with Crippen LogP contribution in [-0.4, -0.2) is 150 Å². The third-order valence-electron chi connectivity index (χ3n) is 16.4. The highest BCUT2D eigenvalue weighted by molar-refractivity contribution is 6.39. The van der Waals surface area contributed by atoms with E-state index in [1.54, 1.807) is 53.0 Å². The summed E-state index contributed by atoms with van der Waals surface area (Å²) in [6, 6.07) is 7.94. The van der Waals surface area contributed by atoms with Gasteiger partial charge in [-0.3, -0.25) is 19.2 Å². The van der Waals surface area contributed by atoms with Gasteiger partial charge in [-0.15, -0.1) is 0 Å². The van der Waals surface area contributed by atoms with Crippen LogP contribution in [0.1, 0.15) is 144 Å². The van der Waals surface area contributed by atoms with Crippen molar-refractivity contribution in [3.8, 4) is 0 Å². The molecule has 430 valence electrons. The van der Waals surface area contributed by atoms with Crippen LogP contribution in [0.15, 0.2) is 77.9 Å². The number of carbonyl (C=O) groups is 5. The first kappa shape index (κ1) is 63.6. The molecule has 2 unspecified atom stereocenters. The lowest BCUT2D eigenvalue weighted by Gasteiger charge is -2.43. The predicted octanol–water partition coefficient (Wildman–Crippen LogP) is 7.69. The molecule has 3 fully saturated rings. The number of rotatable bonds is 13. The molecule has 16 nitrogen and oxygen atoms in total. The second kappa shape index (κ2) is 30.9. The maximum atomic E-state index is 14.6. The zero-order valence-electron chi connectivity index (χ0n) is 47.3. The van der Waals surface area contributed by atoms with Crippen LogP contribution in [0.3, 0.4) is 0 Å². The number of ketones is 3. The molecule has 77 heavy (non-hydrogen) atoms. The van der Waals surface area contributed by atoms with E-state index in [2.05, 4.69) is 0 Å². The summed E-state index contributed by atoms with van der Waals surface area (Å²) in [6.07, 6.45) is 10.7. The monoisotopic (exact) mass is 1080 g/mol. The number of nitrogens with zero attached hydrogens (tertiary/aromatic N) is 1. The van der Waals surface area contributed by atoms with Gasteiger partial charge in [0.1, 0.15) is 36.2 Å². The van der Waals surface area contributed by atoms with E-state index in [4.69, 9.17) is 28.4 Å². The van der Waals surface area contributed by atoms with E-state index in [1.165, 1.54) is 12.0 Å². The van der Waals surface area contributed by atoms with E-state index in [9.17, 15) is 44.4 Å². The van der Waals surface area contributed by atoms with Gasteiger partial charge >= 0.3 is 5.97 Å². The number of methoxy groups -OCH3 is 2. The first-order valence-corrected chi connectivity index (χ1v) is 28.3. The van der Waals surface area contributed by atoms with E-state index in [0.29, 0.717) is 69.1 Å². The van der Waals surface area contributed by atoms with Gasteiger partial charge in [0.05, 0.1) is 31.0 Å². The van der Waals surface area contributed by atoms with Crippen molar-refractivity contribution in [1.82, 2.24) is 4.90 Å². The maximum Gasteiger partial charge on any atom is 0.329 e. The van der Waals surface area contributed by atoms with Crippen molar-refractivity contribution in [2.24, 2.45) is 35.5 Å². The van der Waals surface area contributed by atoms with Gasteiger partial charge in [0.2, 0.25) is 5.79 Å². The summed E-state index contributed by atoms with van der Waals surface area (Å²) in [7, 11) is 3.02. The van der Waals surface area contributed by atoms with Crippen LogP contribution in [-0.2, 0) is 52.4 Å². The number of hydrogen-bond acceptors (Lipinski definition) is 15. The quantitative estimate of drug-likeness (QED) is 0.0643. The number of amides is 1. The molecule has 0 aromatic heterocycles. The number of Topliss-reactive ketones (excluding diaryl/α,β-unsaturated/α-hetero) is 3. The Balaban J connectivity index is 1.48. The number of carbonyl (C=O) groups excluding carboxylic acids is 5. The molecule has 0 radical (unpaired) electrons. The van der Waals surface area contributed by atoms with E-state index in [0.717, 1.165) is 18.4 Å². The van der Waals surface area contributed by atoms with Gasteiger partial charge in [-0.05, 0) is 119 Å². The Labute approximate surface area is 457 Å². The minimum Gasteiger partial charge on any atom is -0.460 e. The van der Waals surface area contributed by atoms with Crippen molar-refractivity contribution in [3.05, 3.63) is 83.5 Å². The smallest absolute Gasteiger partial charge is 0.329 e. The molecule has 1 aliphatic carbocycles.